The van der Waals surface area contributed by atoms with Crippen molar-refractivity contribution < 1.29 is 0 Å². The van der Waals surface area contributed by atoms with E-state index in [9.17, 15) is 0 Å². The Morgan fingerprint density at radius 1 is 1.40 bits per heavy atom. The summed E-state index contributed by atoms with van der Waals surface area (Å²) in [5, 5.41) is 1.19. The Balaban J connectivity index is 2.02. The van der Waals surface area contributed by atoms with Crippen molar-refractivity contribution in [3.63, 3.8) is 0 Å². The summed E-state index contributed by atoms with van der Waals surface area (Å²) in [7, 11) is 0. The van der Waals surface area contributed by atoms with Crippen molar-refractivity contribution in [3.8, 4) is 0 Å². The number of thiophene rings is 1. The second-order valence-corrected chi connectivity index (χ2v) is 8.24. The van der Waals surface area contributed by atoms with Gasteiger partial charge in [-0.05, 0) is 48.3 Å². The molecule has 1 aliphatic rings. The standard InChI is InChI=1S/C16H20N2S2/c1-16(2,3)11-4-5-12-9(7-11)6-10-8-13(14(17)19)20-15(10)18-12/h6,8,11H,4-5,7H2,1-3H3,(H2,17,19). The topological polar surface area (TPSA) is 38.9 Å². The van der Waals surface area contributed by atoms with E-state index < -0.39 is 0 Å². The molecule has 0 spiro atoms. The van der Waals surface area contributed by atoms with Gasteiger partial charge in [0.1, 0.15) is 9.82 Å². The van der Waals surface area contributed by atoms with Crippen LogP contribution < -0.4 is 5.73 Å². The molecule has 0 aliphatic heterocycles. The van der Waals surface area contributed by atoms with Crippen LogP contribution in [0.1, 0.15) is 43.3 Å². The van der Waals surface area contributed by atoms with Gasteiger partial charge in [0.25, 0.3) is 0 Å². The van der Waals surface area contributed by atoms with E-state index in [1.54, 1.807) is 11.3 Å². The van der Waals surface area contributed by atoms with Crippen LogP contribution in [0.4, 0.5) is 0 Å². The van der Waals surface area contributed by atoms with Crippen molar-refractivity contribution in [2.75, 3.05) is 0 Å². The highest BCUT2D eigenvalue weighted by Gasteiger charge is 2.29. The molecule has 1 unspecified atom stereocenters. The lowest BCUT2D eigenvalue weighted by molar-refractivity contribution is 0.215. The summed E-state index contributed by atoms with van der Waals surface area (Å²) in [6.07, 6.45) is 3.47. The second-order valence-electron chi connectivity index (χ2n) is 6.77. The molecule has 0 saturated carbocycles. The molecule has 0 amide bonds. The average molecular weight is 304 g/mol. The molecule has 2 nitrogen and oxygen atoms in total. The van der Waals surface area contributed by atoms with E-state index in [0.29, 0.717) is 10.4 Å². The molecule has 0 fully saturated rings. The first-order valence-corrected chi connectivity index (χ1v) is 8.29. The van der Waals surface area contributed by atoms with Crippen molar-refractivity contribution in [2.45, 2.75) is 40.0 Å². The van der Waals surface area contributed by atoms with Crippen molar-refractivity contribution in [2.24, 2.45) is 17.1 Å². The summed E-state index contributed by atoms with van der Waals surface area (Å²) in [4.78, 5) is 7.35. The number of hydrogen-bond donors (Lipinski definition) is 1. The largest absolute Gasteiger partial charge is 0.389 e. The molecular formula is C16H20N2S2. The summed E-state index contributed by atoms with van der Waals surface area (Å²) in [5.41, 5.74) is 8.78. The van der Waals surface area contributed by atoms with Crippen LogP contribution in [0.2, 0.25) is 0 Å². The highest BCUT2D eigenvalue weighted by molar-refractivity contribution is 7.81. The normalized spacial score (nSPS) is 19.1. The Kier molecular flexibility index (Phi) is 3.33. The lowest BCUT2D eigenvalue weighted by Crippen LogP contribution is -2.27. The van der Waals surface area contributed by atoms with E-state index >= 15 is 0 Å². The van der Waals surface area contributed by atoms with Gasteiger partial charge >= 0.3 is 0 Å². The number of nitrogens with zero attached hydrogens (tertiary/aromatic N) is 1. The zero-order valence-electron chi connectivity index (χ0n) is 12.2. The van der Waals surface area contributed by atoms with Crippen molar-refractivity contribution in [1.82, 2.24) is 4.98 Å². The van der Waals surface area contributed by atoms with Gasteiger partial charge in [-0.1, -0.05) is 33.0 Å². The number of nitrogens with two attached hydrogens (primary N) is 1. The van der Waals surface area contributed by atoms with E-state index in [-0.39, 0.29) is 0 Å². The highest BCUT2D eigenvalue weighted by atomic mass is 32.1. The SMILES string of the molecule is CC(C)(C)C1CCc2nc3sc(C(N)=S)cc3cc2C1. The number of hydrogen-bond acceptors (Lipinski definition) is 3. The van der Waals surface area contributed by atoms with Crippen LogP contribution in [0.5, 0.6) is 0 Å². The fraction of sp³-hybridized carbons (Fsp3) is 0.500. The number of aryl methyl sites for hydroxylation is 1. The maximum atomic E-state index is 5.72. The molecule has 2 aromatic rings. The minimum absolute atomic E-state index is 0.366. The Hall–Kier alpha value is -1.00. The quantitative estimate of drug-likeness (QED) is 0.807. The van der Waals surface area contributed by atoms with Crippen molar-refractivity contribution >= 4 is 38.8 Å². The maximum Gasteiger partial charge on any atom is 0.124 e. The van der Waals surface area contributed by atoms with Gasteiger partial charge in [-0.25, -0.2) is 4.98 Å². The molecule has 0 saturated heterocycles. The number of aromatic nitrogens is 1. The van der Waals surface area contributed by atoms with Gasteiger partial charge < -0.3 is 5.73 Å². The predicted molar refractivity (Wildman–Crippen MR) is 90.5 cm³/mol. The smallest absolute Gasteiger partial charge is 0.124 e. The van der Waals surface area contributed by atoms with Crippen LogP contribution in [0, 0.1) is 11.3 Å². The Labute approximate surface area is 129 Å². The summed E-state index contributed by atoms with van der Waals surface area (Å²) in [5.74, 6) is 0.739. The minimum atomic E-state index is 0.366. The number of rotatable bonds is 1. The summed E-state index contributed by atoms with van der Waals surface area (Å²) < 4.78 is 0. The van der Waals surface area contributed by atoms with Gasteiger partial charge in [0, 0.05) is 11.1 Å². The van der Waals surface area contributed by atoms with Gasteiger partial charge in [0.15, 0.2) is 0 Å². The second kappa shape index (κ2) is 4.78. The fourth-order valence-electron chi connectivity index (χ4n) is 2.98. The van der Waals surface area contributed by atoms with Gasteiger partial charge in [-0.3, -0.25) is 0 Å². The first-order chi connectivity index (χ1) is 9.34. The fourth-order valence-corrected chi connectivity index (χ4v) is 4.05. The molecular weight excluding hydrogens is 284 g/mol. The van der Waals surface area contributed by atoms with Crippen LogP contribution in [0.25, 0.3) is 10.2 Å². The van der Waals surface area contributed by atoms with Crippen LogP contribution >= 0.6 is 23.6 Å². The number of pyridine rings is 1. The van der Waals surface area contributed by atoms with E-state index in [0.717, 1.165) is 28.5 Å². The van der Waals surface area contributed by atoms with E-state index in [1.165, 1.54) is 23.1 Å². The van der Waals surface area contributed by atoms with Crippen LogP contribution in [0.15, 0.2) is 12.1 Å². The lowest BCUT2D eigenvalue weighted by Gasteiger charge is -2.34. The van der Waals surface area contributed by atoms with Crippen molar-refractivity contribution in [1.29, 1.82) is 0 Å². The van der Waals surface area contributed by atoms with Gasteiger partial charge in [-0.2, -0.15) is 0 Å². The zero-order valence-corrected chi connectivity index (χ0v) is 13.8. The predicted octanol–water partition coefficient (Wildman–Crippen LogP) is 4.08. The zero-order chi connectivity index (χ0) is 14.5. The van der Waals surface area contributed by atoms with E-state index in [1.807, 2.05) is 0 Å². The summed E-state index contributed by atoms with van der Waals surface area (Å²) in [6, 6.07) is 4.38. The monoisotopic (exact) mass is 304 g/mol. The molecule has 2 N–H and O–H groups in total. The van der Waals surface area contributed by atoms with Gasteiger partial charge in [0.05, 0.1) is 4.88 Å². The molecule has 1 atom stereocenters. The molecule has 0 bridgehead atoms. The first kappa shape index (κ1) is 14.0. The number of fused-ring (bicyclic) bond motifs is 2. The summed E-state index contributed by atoms with van der Waals surface area (Å²) in [6.45, 7) is 7.01. The molecule has 4 heteroatoms. The van der Waals surface area contributed by atoms with Gasteiger partial charge in [0.2, 0.25) is 0 Å². The van der Waals surface area contributed by atoms with E-state index in [4.69, 9.17) is 22.9 Å². The molecule has 106 valence electrons. The van der Waals surface area contributed by atoms with Crippen LogP contribution in [-0.4, -0.2) is 9.97 Å². The molecule has 2 aromatic heterocycles. The van der Waals surface area contributed by atoms with Crippen molar-refractivity contribution in [3.05, 3.63) is 28.3 Å². The molecule has 20 heavy (non-hydrogen) atoms. The maximum absolute atomic E-state index is 5.72. The Morgan fingerprint density at radius 3 is 2.80 bits per heavy atom. The van der Waals surface area contributed by atoms with E-state index in [2.05, 4.69) is 32.9 Å². The van der Waals surface area contributed by atoms with Crippen LogP contribution in [-0.2, 0) is 12.8 Å². The third kappa shape index (κ3) is 2.47. The molecule has 3 rings (SSSR count). The summed E-state index contributed by atoms with van der Waals surface area (Å²) >= 11 is 6.67. The Morgan fingerprint density at radius 2 is 2.15 bits per heavy atom. The third-order valence-electron chi connectivity index (χ3n) is 4.34. The molecule has 0 radical (unpaired) electrons. The molecule has 1 aliphatic carbocycles. The minimum Gasteiger partial charge on any atom is -0.389 e. The first-order valence-electron chi connectivity index (χ1n) is 7.07. The average Bonchev–Trinajstić information content (AvgIpc) is 2.77. The molecule has 0 aromatic carbocycles. The highest BCUT2D eigenvalue weighted by Crippen LogP contribution is 2.38. The van der Waals surface area contributed by atoms with Crippen LogP contribution in [0.3, 0.4) is 0 Å². The Bertz CT molecular complexity index is 680. The lowest BCUT2D eigenvalue weighted by atomic mass is 9.71. The third-order valence-corrected chi connectivity index (χ3v) is 5.77. The van der Waals surface area contributed by atoms with Gasteiger partial charge in [-0.15, -0.1) is 11.3 Å². The number of thiocarbonyl (C=S) groups is 1. The molecule has 2 heterocycles.